The number of nitrogens with zero attached hydrogens (tertiary/aromatic N) is 2. The second kappa shape index (κ2) is 5.98. The molecule has 122 valence electrons. The largest absolute Gasteiger partial charge is 0.333 e. The highest BCUT2D eigenvalue weighted by Gasteiger charge is 2.28. The zero-order valence-corrected chi connectivity index (χ0v) is 14.3. The Morgan fingerprint density at radius 1 is 1.23 bits per heavy atom. The predicted molar refractivity (Wildman–Crippen MR) is 85.3 cm³/mol. The second-order valence-corrected chi connectivity index (χ2v) is 7.62. The van der Waals surface area contributed by atoms with Gasteiger partial charge in [0.1, 0.15) is 0 Å². The monoisotopic (exact) mass is 325 g/mol. The number of piperazine rings is 1. The van der Waals surface area contributed by atoms with Gasteiger partial charge in [0.15, 0.2) is 0 Å². The third-order valence-corrected chi connectivity index (χ3v) is 5.20. The van der Waals surface area contributed by atoms with E-state index in [1.54, 1.807) is 17.9 Å². The molecule has 0 aromatic heterocycles. The number of likely N-dealkylation sites (N-methyl/N-ethyl adjacent to an activating group) is 1. The number of hydrogen-bond acceptors (Lipinski definition) is 4. The topological polar surface area (TPSA) is 83.7 Å². The molecular weight excluding hydrogens is 302 g/mol. The summed E-state index contributed by atoms with van der Waals surface area (Å²) >= 11 is 0. The number of carbonyl (C=O) groups excluding carboxylic acids is 1. The van der Waals surface area contributed by atoms with Crippen LogP contribution in [0.5, 0.6) is 0 Å². The molecule has 1 aliphatic rings. The fourth-order valence-electron chi connectivity index (χ4n) is 2.97. The average molecular weight is 325 g/mol. The first-order valence-corrected chi connectivity index (χ1v) is 8.79. The molecule has 1 saturated heterocycles. The number of rotatable bonds is 2. The van der Waals surface area contributed by atoms with Crippen LogP contribution in [0.3, 0.4) is 0 Å². The molecule has 1 fully saturated rings. The molecule has 0 bridgehead atoms. The van der Waals surface area contributed by atoms with E-state index in [9.17, 15) is 13.2 Å². The van der Waals surface area contributed by atoms with Gasteiger partial charge in [0.2, 0.25) is 10.0 Å². The highest BCUT2D eigenvalue weighted by atomic mass is 32.2. The molecule has 2 N–H and O–H groups in total. The first kappa shape index (κ1) is 16.9. The van der Waals surface area contributed by atoms with Crippen LogP contribution < -0.4 is 5.14 Å². The average Bonchev–Trinajstić information content (AvgIpc) is 2.36. The van der Waals surface area contributed by atoms with Crippen molar-refractivity contribution in [3.63, 3.8) is 0 Å². The highest BCUT2D eigenvalue weighted by molar-refractivity contribution is 7.89. The highest BCUT2D eigenvalue weighted by Crippen LogP contribution is 2.22. The van der Waals surface area contributed by atoms with Crippen LogP contribution in [-0.4, -0.2) is 56.8 Å². The number of sulfonamides is 1. The Morgan fingerprint density at radius 3 is 2.41 bits per heavy atom. The van der Waals surface area contributed by atoms with E-state index in [1.165, 1.54) is 6.07 Å². The van der Waals surface area contributed by atoms with E-state index in [0.29, 0.717) is 17.7 Å². The lowest BCUT2D eigenvalue weighted by molar-refractivity contribution is 0.0532. The van der Waals surface area contributed by atoms with Gasteiger partial charge < -0.3 is 9.80 Å². The minimum atomic E-state index is -3.84. The Bertz CT molecular complexity index is 700. The van der Waals surface area contributed by atoms with Gasteiger partial charge in [-0.1, -0.05) is 6.07 Å². The number of hydrogen-bond donors (Lipinski definition) is 1. The molecule has 0 radical (unpaired) electrons. The molecule has 22 heavy (non-hydrogen) atoms. The Labute approximate surface area is 131 Å². The van der Waals surface area contributed by atoms with Gasteiger partial charge in [0.25, 0.3) is 5.91 Å². The molecule has 1 aromatic carbocycles. The SMILES string of the molecule is Cc1cc(C)c(S(N)(=O)=O)cc1C(=O)N1CCN(C)C[C@H]1C. The van der Waals surface area contributed by atoms with Gasteiger partial charge in [0.05, 0.1) is 4.90 Å². The zero-order valence-electron chi connectivity index (χ0n) is 13.5. The van der Waals surface area contributed by atoms with Crippen molar-refractivity contribution in [1.82, 2.24) is 9.80 Å². The Kier molecular flexibility index (Phi) is 4.60. The number of carbonyl (C=O) groups is 1. The minimum absolute atomic E-state index is 0.0169. The first-order chi connectivity index (χ1) is 10.1. The van der Waals surface area contributed by atoms with Crippen LogP contribution in [0.2, 0.25) is 0 Å². The molecule has 1 atom stereocenters. The van der Waals surface area contributed by atoms with Crippen molar-refractivity contribution in [3.05, 3.63) is 28.8 Å². The summed E-state index contributed by atoms with van der Waals surface area (Å²) in [5.74, 6) is -0.136. The maximum absolute atomic E-state index is 12.8. The molecule has 1 aromatic rings. The standard InChI is InChI=1S/C15H23N3O3S/c1-10-7-11(2)14(22(16,20)21)8-13(10)15(19)18-6-5-17(4)9-12(18)3/h7-8,12H,5-6,9H2,1-4H3,(H2,16,20,21)/t12-/m1/s1. The van der Waals surface area contributed by atoms with Gasteiger partial charge in [-0.05, 0) is 45.0 Å². The maximum Gasteiger partial charge on any atom is 0.254 e. The third-order valence-electron chi connectivity index (χ3n) is 4.15. The van der Waals surface area contributed by atoms with E-state index in [0.717, 1.165) is 18.7 Å². The summed E-state index contributed by atoms with van der Waals surface area (Å²) in [5.41, 5.74) is 1.73. The fourth-order valence-corrected chi connectivity index (χ4v) is 3.76. The fraction of sp³-hybridized carbons (Fsp3) is 0.533. The van der Waals surface area contributed by atoms with Gasteiger partial charge in [-0.15, -0.1) is 0 Å². The zero-order chi connectivity index (χ0) is 16.7. The summed E-state index contributed by atoms with van der Waals surface area (Å²) in [6, 6.07) is 3.20. The smallest absolute Gasteiger partial charge is 0.254 e. The number of primary sulfonamides is 1. The van der Waals surface area contributed by atoms with Crippen LogP contribution >= 0.6 is 0 Å². The first-order valence-electron chi connectivity index (χ1n) is 7.25. The van der Waals surface area contributed by atoms with Crippen LogP contribution in [0.4, 0.5) is 0 Å². The lowest BCUT2D eigenvalue weighted by Crippen LogP contribution is -2.52. The van der Waals surface area contributed by atoms with Crippen LogP contribution in [-0.2, 0) is 10.0 Å². The number of nitrogens with two attached hydrogens (primary N) is 1. The van der Waals surface area contributed by atoms with Gasteiger partial charge >= 0.3 is 0 Å². The second-order valence-electron chi connectivity index (χ2n) is 6.09. The number of aryl methyl sites for hydroxylation is 2. The van der Waals surface area contributed by atoms with Crippen LogP contribution in [0.1, 0.15) is 28.4 Å². The van der Waals surface area contributed by atoms with Crippen molar-refractivity contribution in [1.29, 1.82) is 0 Å². The normalized spacial score (nSPS) is 20.2. The van der Waals surface area contributed by atoms with Crippen LogP contribution in [0.15, 0.2) is 17.0 Å². The lowest BCUT2D eigenvalue weighted by Gasteiger charge is -2.38. The van der Waals surface area contributed by atoms with Crippen molar-refractivity contribution < 1.29 is 13.2 Å². The van der Waals surface area contributed by atoms with Crippen LogP contribution in [0.25, 0.3) is 0 Å². The molecule has 2 rings (SSSR count). The molecule has 0 aliphatic carbocycles. The summed E-state index contributed by atoms with van der Waals surface area (Å²) in [5, 5.41) is 5.24. The van der Waals surface area contributed by atoms with E-state index >= 15 is 0 Å². The van der Waals surface area contributed by atoms with Crippen molar-refractivity contribution in [2.45, 2.75) is 31.7 Å². The lowest BCUT2D eigenvalue weighted by atomic mass is 10.0. The summed E-state index contributed by atoms with van der Waals surface area (Å²) in [7, 11) is -1.82. The van der Waals surface area contributed by atoms with Crippen molar-refractivity contribution >= 4 is 15.9 Å². The van der Waals surface area contributed by atoms with Crippen molar-refractivity contribution in [2.75, 3.05) is 26.7 Å². The molecule has 0 unspecified atom stereocenters. The molecule has 6 nitrogen and oxygen atoms in total. The van der Waals surface area contributed by atoms with Gasteiger partial charge in [0, 0.05) is 31.2 Å². The van der Waals surface area contributed by atoms with E-state index in [1.807, 2.05) is 20.9 Å². The third kappa shape index (κ3) is 3.31. The van der Waals surface area contributed by atoms with E-state index in [-0.39, 0.29) is 16.8 Å². The summed E-state index contributed by atoms with van der Waals surface area (Å²) in [6.45, 7) is 7.74. The van der Waals surface area contributed by atoms with Crippen molar-refractivity contribution in [2.24, 2.45) is 5.14 Å². The molecular formula is C15H23N3O3S. The van der Waals surface area contributed by atoms with E-state index in [4.69, 9.17) is 5.14 Å². The quantitative estimate of drug-likeness (QED) is 0.869. The molecule has 1 aliphatic heterocycles. The Hall–Kier alpha value is -1.44. The van der Waals surface area contributed by atoms with E-state index in [2.05, 4.69) is 4.90 Å². The molecule has 1 amide bonds. The Balaban J connectivity index is 2.42. The van der Waals surface area contributed by atoms with Gasteiger partial charge in [-0.25, -0.2) is 13.6 Å². The van der Waals surface area contributed by atoms with Gasteiger partial charge in [-0.2, -0.15) is 0 Å². The molecule has 1 heterocycles. The maximum atomic E-state index is 12.8. The minimum Gasteiger partial charge on any atom is -0.333 e. The Morgan fingerprint density at radius 2 is 1.86 bits per heavy atom. The number of benzene rings is 1. The predicted octanol–water partition coefficient (Wildman–Crippen LogP) is 0.727. The van der Waals surface area contributed by atoms with Crippen LogP contribution in [0, 0.1) is 13.8 Å². The summed E-state index contributed by atoms with van der Waals surface area (Å²) in [6.07, 6.45) is 0. The van der Waals surface area contributed by atoms with Crippen molar-refractivity contribution in [3.8, 4) is 0 Å². The molecule has 7 heteroatoms. The molecule has 0 saturated carbocycles. The number of amides is 1. The summed E-state index contributed by atoms with van der Waals surface area (Å²) < 4.78 is 23.3. The van der Waals surface area contributed by atoms with Gasteiger partial charge in [-0.3, -0.25) is 4.79 Å². The van der Waals surface area contributed by atoms with E-state index < -0.39 is 10.0 Å². The summed E-state index contributed by atoms with van der Waals surface area (Å²) in [4.78, 5) is 16.8. The molecule has 0 spiro atoms.